The third kappa shape index (κ3) is 3.76. The number of nitrogens with one attached hydrogen (secondary N) is 2. The van der Waals surface area contributed by atoms with Crippen LogP contribution < -0.4 is 15.4 Å². The topological polar surface area (TPSA) is 98.3 Å². The van der Waals surface area contributed by atoms with Crippen molar-refractivity contribution in [1.82, 2.24) is 20.3 Å². The molecule has 0 unspecified atom stereocenters. The van der Waals surface area contributed by atoms with Gasteiger partial charge >= 0.3 is 0 Å². The lowest BCUT2D eigenvalue weighted by atomic mass is 10.1. The summed E-state index contributed by atoms with van der Waals surface area (Å²) in [6.45, 7) is 4.04. The van der Waals surface area contributed by atoms with Gasteiger partial charge in [-0.05, 0) is 36.7 Å². The Hall–Kier alpha value is -3.01. The molecule has 8 nitrogen and oxygen atoms in total. The molecule has 4 aromatic rings. The highest BCUT2D eigenvalue weighted by molar-refractivity contribution is 7.21. The largest absolute Gasteiger partial charge is 0.420 e. The first kappa shape index (κ1) is 19.9. The summed E-state index contributed by atoms with van der Waals surface area (Å²) in [5.74, 6) is 0.639. The van der Waals surface area contributed by atoms with Crippen LogP contribution in [0.15, 0.2) is 30.5 Å². The summed E-state index contributed by atoms with van der Waals surface area (Å²) >= 11 is 7.43. The van der Waals surface area contributed by atoms with Crippen molar-refractivity contribution >= 4 is 55.5 Å². The van der Waals surface area contributed by atoms with Crippen molar-refractivity contribution in [3.63, 3.8) is 0 Å². The highest BCUT2D eigenvalue weighted by Gasteiger charge is 2.22. The first-order chi connectivity index (χ1) is 15.1. The quantitative estimate of drug-likeness (QED) is 0.431. The van der Waals surface area contributed by atoms with Crippen LogP contribution in [0.25, 0.3) is 21.0 Å². The van der Waals surface area contributed by atoms with Crippen molar-refractivity contribution < 1.29 is 14.3 Å². The SMILES string of the molecule is CCOCc1cnc(Cl)nc1Oc1ccc2c(ccc3sc4c(c32)NCCNC4=O)n1. The molecular weight excluding hydrogens is 438 g/mol. The summed E-state index contributed by atoms with van der Waals surface area (Å²) in [7, 11) is 0. The van der Waals surface area contributed by atoms with Gasteiger partial charge in [-0.1, -0.05) is 0 Å². The Kier molecular flexibility index (Phi) is 5.31. The van der Waals surface area contributed by atoms with Gasteiger partial charge in [0.2, 0.25) is 17.0 Å². The van der Waals surface area contributed by atoms with E-state index in [0.29, 0.717) is 48.5 Å². The molecule has 0 aliphatic carbocycles. The predicted octanol–water partition coefficient (Wildman–Crippen LogP) is 4.38. The standard InChI is InChI=1S/C21H18ClN5O3S/c1-2-29-10-11-9-25-21(22)27-20(11)30-15-6-3-12-13(26-15)4-5-14-16(12)17-18(31-14)19(28)24-8-7-23-17/h3-6,9,23H,2,7-8,10H2,1H3,(H,24,28). The monoisotopic (exact) mass is 455 g/mol. The Balaban J connectivity index is 1.56. The zero-order valence-electron chi connectivity index (χ0n) is 16.6. The van der Waals surface area contributed by atoms with E-state index in [4.69, 9.17) is 21.1 Å². The molecule has 1 amide bonds. The average Bonchev–Trinajstić information content (AvgIpc) is 3.05. The van der Waals surface area contributed by atoms with Crippen LogP contribution in [0.5, 0.6) is 11.8 Å². The van der Waals surface area contributed by atoms with Crippen LogP contribution in [0, 0.1) is 0 Å². The van der Waals surface area contributed by atoms with Crippen molar-refractivity contribution in [1.29, 1.82) is 0 Å². The van der Waals surface area contributed by atoms with E-state index >= 15 is 0 Å². The molecule has 4 heterocycles. The van der Waals surface area contributed by atoms with Gasteiger partial charge in [0, 0.05) is 47.4 Å². The third-order valence-corrected chi connectivity index (χ3v) is 6.21. The maximum absolute atomic E-state index is 12.4. The van der Waals surface area contributed by atoms with Crippen LogP contribution in [0.3, 0.4) is 0 Å². The van der Waals surface area contributed by atoms with E-state index in [-0.39, 0.29) is 11.2 Å². The minimum absolute atomic E-state index is 0.0512. The molecule has 1 aromatic carbocycles. The van der Waals surface area contributed by atoms with Crippen LogP contribution in [0.1, 0.15) is 22.2 Å². The van der Waals surface area contributed by atoms with E-state index < -0.39 is 0 Å². The molecule has 0 fully saturated rings. The first-order valence-corrected chi connectivity index (χ1v) is 11.0. The molecular formula is C21H18ClN5O3S. The van der Waals surface area contributed by atoms with E-state index in [1.807, 2.05) is 25.1 Å². The lowest BCUT2D eigenvalue weighted by Crippen LogP contribution is -2.24. The second-order valence-corrected chi connectivity index (χ2v) is 8.24. The number of thiophene rings is 1. The Morgan fingerprint density at radius 1 is 1.16 bits per heavy atom. The summed E-state index contributed by atoms with van der Waals surface area (Å²) < 4.78 is 12.4. The molecule has 10 heteroatoms. The van der Waals surface area contributed by atoms with Crippen LogP contribution in [-0.4, -0.2) is 40.6 Å². The number of hydrogen-bond donors (Lipinski definition) is 2. The lowest BCUT2D eigenvalue weighted by molar-refractivity contribution is 0.0962. The van der Waals surface area contributed by atoms with Gasteiger partial charge in [-0.15, -0.1) is 11.3 Å². The van der Waals surface area contributed by atoms with Gasteiger partial charge in [-0.2, -0.15) is 4.98 Å². The second kappa shape index (κ2) is 8.26. The van der Waals surface area contributed by atoms with Crippen molar-refractivity contribution in [3.05, 3.63) is 46.2 Å². The fourth-order valence-electron chi connectivity index (χ4n) is 3.48. The molecule has 0 saturated carbocycles. The number of nitrogens with zero attached hydrogens (tertiary/aromatic N) is 3. The molecule has 3 aromatic heterocycles. The fraction of sp³-hybridized carbons (Fsp3) is 0.238. The third-order valence-electron chi connectivity index (χ3n) is 4.87. The highest BCUT2D eigenvalue weighted by atomic mass is 35.5. The number of rotatable bonds is 5. The number of pyridine rings is 1. The molecule has 0 atom stereocenters. The summed E-state index contributed by atoms with van der Waals surface area (Å²) in [6.07, 6.45) is 1.59. The number of hydrogen-bond acceptors (Lipinski definition) is 8. The zero-order valence-corrected chi connectivity index (χ0v) is 18.1. The van der Waals surface area contributed by atoms with E-state index in [0.717, 1.165) is 26.7 Å². The number of benzene rings is 1. The molecule has 158 valence electrons. The number of halogens is 1. The number of carbonyl (C=O) groups excluding carboxylic acids is 1. The summed E-state index contributed by atoms with van der Waals surface area (Å²) in [6, 6.07) is 7.63. The van der Waals surface area contributed by atoms with Gasteiger partial charge < -0.3 is 20.1 Å². The number of fused-ring (bicyclic) bond motifs is 5. The summed E-state index contributed by atoms with van der Waals surface area (Å²) in [4.78, 5) is 25.9. The Morgan fingerprint density at radius 2 is 2.03 bits per heavy atom. The van der Waals surface area contributed by atoms with Gasteiger partial charge in [-0.3, -0.25) is 4.79 Å². The van der Waals surface area contributed by atoms with Crippen molar-refractivity contribution in [2.24, 2.45) is 0 Å². The van der Waals surface area contributed by atoms with E-state index in [1.54, 1.807) is 12.3 Å². The Labute approximate surface area is 186 Å². The zero-order chi connectivity index (χ0) is 21.4. The number of carbonyl (C=O) groups is 1. The van der Waals surface area contributed by atoms with E-state index in [1.165, 1.54) is 11.3 Å². The molecule has 1 aliphatic rings. The molecule has 2 N–H and O–H groups in total. The second-order valence-electron chi connectivity index (χ2n) is 6.85. The van der Waals surface area contributed by atoms with Crippen molar-refractivity contribution in [3.8, 4) is 11.8 Å². The number of ether oxygens (including phenoxy) is 2. The molecule has 0 spiro atoms. The number of aromatic nitrogens is 3. The van der Waals surface area contributed by atoms with Crippen LogP contribution >= 0.6 is 22.9 Å². The average molecular weight is 456 g/mol. The minimum atomic E-state index is -0.0512. The number of amides is 1. The normalized spacial score (nSPS) is 13.5. The summed E-state index contributed by atoms with van der Waals surface area (Å²) in [5, 5.41) is 8.32. The molecule has 31 heavy (non-hydrogen) atoms. The number of anilines is 1. The highest BCUT2D eigenvalue weighted by Crippen LogP contribution is 2.41. The Morgan fingerprint density at radius 3 is 2.90 bits per heavy atom. The van der Waals surface area contributed by atoms with Crippen molar-refractivity contribution in [2.45, 2.75) is 13.5 Å². The van der Waals surface area contributed by atoms with Gasteiger partial charge in [0.25, 0.3) is 5.91 Å². The molecule has 0 saturated heterocycles. The Bertz CT molecular complexity index is 1310. The van der Waals surface area contributed by atoms with Gasteiger partial charge in [0.05, 0.1) is 23.4 Å². The van der Waals surface area contributed by atoms with Crippen LogP contribution in [0.4, 0.5) is 5.69 Å². The van der Waals surface area contributed by atoms with Crippen LogP contribution in [-0.2, 0) is 11.3 Å². The molecule has 0 radical (unpaired) electrons. The van der Waals surface area contributed by atoms with Gasteiger partial charge in [-0.25, -0.2) is 9.97 Å². The smallest absolute Gasteiger partial charge is 0.263 e. The minimum Gasteiger partial charge on any atom is -0.420 e. The maximum atomic E-state index is 12.4. The maximum Gasteiger partial charge on any atom is 0.263 e. The van der Waals surface area contributed by atoms with Gasteiger partial charge in [0.15, 0.2) is 0 Å². The summed E-state index contributed by atoms with van der Waals surface area (Å²) in [5.41, 5.74) is 2.29. The first-order valence-electron chi connectivity index (χ1n) is 9.79. The van der Waals surface area contributed by atoms with E-state index in [2.05, 4.69) is 25.6 Å². The van der Waals surface area contributed by atoms with Gasteiger partial charge in [0.1, 0.15) is 4.88 Å². The predicted molar refractivity (Wildman–Crippen MR) is 120 cm³/mol. The molecule has 1 aliphatic heterocycles. The molecule has 5 rings (SSSR count). The fourth-order valence-corrected chi connectivity index (χ4v) is 4.72. The lowest BCUT2D eigenvalue weighted by Gasteiger charge is -2.10. The molecule has 0 bridgehead atoms. The van der Waals surface area contributed by atoms with Crippen molar-refractivity contribution in [2.75, 3.05) is 25.0 Å². The van der Waals surface area contributed by atoms with Crippen LogP contribution in [0.2, 0.25) is 5.28 Å². The van der Waals surface area contributed by atoms with E-state index in [9.17, 15) is 4.79 Å².